The van der Waals surface area contributed by atoms with Gasteiger partial charge in [0.05, 0.1) is 18.4 Å². The maximum atomic E-state index is 13.0. The largest absolute Gasteiger partial charge is 0.246 e. The van der Waals surface area contributed by atoms with Gasteiger partial charge in [-0.05, 0) is 48.5 Å². The molecule has 2 aromatic heterocycles. The van der Waals surface area contributed by atoms with Gasteiger partial charge in [-0.1, -0.05) is 5.21 Å². The van der Waals surface area contributed by atoms with Gasteiger partial charge in [0, 0.05) is 16.5 Å². The van der Waals surface area contributed by atoms with Crippen LogP contribution in [0.5, 0.6) is 0 Å². The molecule has 0 aliphatic heterocycles. The molecule has 0 saturated carbocycles. The SMILES string of the molecule is Fc1ccc(-c2cn(Cc3csc(-c4ccc(F)cc4)n3)nn2)cc1. The summed E-state index contributed by atoms with van der Waals surface area (Å²) in [7, 11) is 0. The van der Waals surface area contributed by atoms with Crippen molar-refractivity contribution in [3.8, 4) is 21.8 Å². The number of benzene rings is 2. The number of halogens is 2. The van der Waals surface area contributed by atoms with E-state index in [1.807, 2.05) is 5.38 Å². The fourth-order valence-corrected chi connectivity index (χ4v) is 3.22. The summed E-state index contributed by atoms with van der Waals surface area (Å²) in [5, 5.41) is 11.0. The number of hydrogen-bond donors (Lipinski definition) is 0. The lowest BCUT2D eigenvalue weighted by Crippen LogP contribution is -2.00. The van der Waals surface area contributed by atoms with E-state index in [1.54, 1.807) is 35.1 Å². The van der Waals surface area contributed by atoms with E-state index in [-0.39, 0.29) is 11.6 Å². The van der Waals surface area contributed by atoms with Crippen LogP contribution >= 0.6 is 11.3 Å². The fourth-order valence-electron chi connectivity index (χ4n) is 2.40. The molecule has 0 spiro atoms. The summed E-state index contributed by atoms with van der Waals surface area (Å²) in [4.78, 5) is 4.56. The zero-order valence-electron chi connectivity index (χ0n) is 12.9. The lowest BCUT2D eigenvalue weighted by molar-refractivity contribution is 0.627. The van der Waals surface area contributed by atoms with E-state index in [2.05, 4.69) is 15.3 Å². The van der Waals surface area contributed by atoms with Crippen LogP contribution in [-0.2, 0) is 6.54 Å². The lowest BCUT2D eigenvalue weighted by Gasteiger charge is -1.97. The van der Waals surface area contributed by atoms with Crippen LogP contribution in [0.1, 0.15) is 5.69 Å². The Bertz CT molecular complexity index is 909. The Morgan fingerprint density at radius 2 is 1.52 bits per heavy atom. The Morgan fingerprint density at radius 1 is 0.880 bits per heavy atom. The predicted molar refractivity (Wildman–Crippen MR) is 92.0 cm³/mol. The molecule has 0 aliphatic rings. The molecule has 0 saturated heterocycles. The third kappa shape index (κ3) is 3.46. The van der Waals surface area contributed by atoms with Crippen LogP contribution in [-0.4, -0.2) is 20.0 Å². The minimum atomic E-state index is -0.285. The highest BCUT2D eigenvalue weighted by molar-refractivity contribution is 7.13. The fraction of sp³-hybridized carbons (Fsp3) is 0.0556. The van der Waals surface area contributed by atoms with Gasteiger partial charge in [0.25, 0.3) is 0 Å². The number of hydrogen-bond acceptors (Lipinski definition) is 4. The van der Waals surface area contributed by atoms with Crippen molar-refractivity contribution in [3.63, 3.8) is 0 Å². The smallest absolute Gasteiger partial charge is 0.123 e. The van der Waals surface area contributed by atoms with Gasteiger partial charge >= 0.3 is 0 Å². The average Bonchev–Trinajstić information content (AvgIpc) is 3.27. The maximum absolute atomic E-state index is 13.0. The molecule has 0 fully saturated rings. The first-order valence-electron chi connectivity index (χ1n) is 7.54. The molecule has 0 radical (unpaired) electrons. The van der Waals surface area contributed by atoms with Gasteiger partial charge in [-0.3, -0.25) is 0 Å². The first kappa shape index (κ1) is 15.6. The molecule has 7 heteroatoms. The molecule has 4 aromatic rings. The number of rotatable bonds is 4. The second kappa shape index (κ2) is 6.52. The minimum absolute atomic E-state index is 0.267. The maximum Gasteiger partial charge on any atom is 0.123 e. The van der Waals surface area contributed by atoms with Crippen LogP contribution in [0.25, 0.3) is 21.8 Å². The molecule has 4 rings (SSSR count). The van der Waals surface area contributed by atoms with Gasteiger partial charge in [-0.2, -0.15) is 0 Å². The van der Waals surface area contributed by atoms with E-state index in [1.165, 1.54) is 35.6 Å². The quantitative estimate of drug-likeness (QED) is 0.546. The van der Waals surface area contributed by atoms with Crippen LogP contribution in [0, 0.1) is 11.6 Å². The number of aromatic nitrogens is 4. The summed E-state index contributed by atoms with van der Waals surface area (Å²) in [5.41, 5.74) is 3.20. The Balaban J connectivity index is 1.51. The molecule has 4 nitrogen and oxygen atoms in total. The zero-order valence-corrected chi connectivity index (χ0v) is 13.8. The second-order valence-electron chi connectivity index (χ2n) is 5.46. The third-order valence-electron chi connectivity index (χ3n) is 3.65. The molecular weight excluding hydrogens is 342 g/mol. The molecule has 0 bridgehead atoms. The first-order chi connectivity index (χ1) is 12.2. The van der Waals surface area contributed by atoms with Crippen LogP contribution < -0.4 is 0 Å². The van der Waals surface area contributed by atoms with E-state index in [9.17, 15) is 8.78 Å². The Hall–Kier alpha value is -2.93. The van der Waals surface area contributed by atoms with E-state index < -0.39 is 0 Å². The van der Waals surface area contributed by atoms with Crippen molar-refractivity contribution in [2.75, 3.05) is 0 Å². The van der Waals surface area contributed by atoms with Crippen LogP contribution in [0.4, 0.5) is 8.78 Å². The molecular formula is C18H12F2N4S. The van der Waals surface area contributed by atoms with E-state index in [4.69, 9.17) is 0 Å². The van der Waals surface area contributed by atoms with Crippen LogP contribution in [0.15, 0.2) is 60.1 Å². The monoisotopic (exact) mass is 354 g/mol. The Kier molecular flexibility index (Phi) is 4.07. The van der Waals surface area contributed by atoms with E-state index in [0.717, 1.165) is 21.8 Å². The summed E-state index contributed by atoms with van der Waals surface area (Å²) in [6.45, 7) is 0.478. The lowest BCUT2D eigenvalue weighted by atomic mass is 10.2. The molecule has 0 atom stereocenters. The van der Waals surface area contributed by atoms with Gasteiger partial charge in [-0.25, -0.2) is 18.4 Å². The third-order valence-corrected chi connectivity index (χ3v) is 4.59. The minimum Gasteiger partial charge on any atom is -0.246 e. The van der Waals surface area contributed by atoms with Gasteiger partial charge in [0.1, 0.15) is 22.3 Å². The highest BCUT2D eigenvalue weighted by atomic mass is 32.1. The summed E-state index contributed by atoms with van der Waals surface area (Å²) in [6.07, 6.45) is 1.80. The molecule has 2 aromatic carbocycles. The topological polar surface area (TPSA) is 43.6 Å². The van der Waals surface area contributed by atoms with Gasteiger partial charge in [0.2, 0.25) is 0 Å². The first-order valence-corrected chi connectivity index (χ1v) is 8.42. The van der Waals surface area contributed by atoms with E-state index >= 15 is 0 Å². The van der Waals surface area contributed by atoms with Crippen molar-refractivity contribution in [1.29, 1.82) is 0 Å². The standard InChI is InChI=1S/C18H12F2N4S/c19-14-5-1-12(2-6-14)17-10-24(23-22-17)9-16-11-25-18(21-16)13-3-7-15(20)8-4-13/h1-8,10-11H,9H2. The molecule has 124 valence electrons. The second-order valence-corrected chi connectivity index (χ2v) is 6.32. The van der Waals surface area contributed by atoms with Crippen molar-refractivity contribution < 1.29 is 8.78 Å². The highest BCUT2D eigenvalue weighted by Gasteiger charge is 2.08. The normalized spacial score (nSPS) is 11.0. The molecule has 0 amide bonds. The van der Waals surface area contributed by atoms with Gasteiger partial charge in [-0.15, -0.1) is 16.4 Å². The van der Waals surface area contributed by atoms with Gasteiger partial charge < -0.3 is 0 Å². The van der Waals surface area contributed by atoms with Crippen LogP contribution in [0.2, 0.25) is 0 Å². The Morgan fingerprint density at radius 3 is 2.20 bits per heavy atom. The van der Waals surface area contributed by atoms with Crippen molar-refractivity contribution in [2.24, 2.45) is 0 Å². The van der Waals surface area contributed by atoms with Crippen LogP contribution in [0.3, 0.4) is 0 Å². The molecule has 0 aliphatic carbocycles. The van der Waals surface area contributed by atoms with Crippen molar-refractivity contribution in [3.05, 3.63) is 77.4 Å². The summed E-state index contributed by atoms with van der Waals surface area (Å²) in [6, 6.07) is 12.4. The average molecular weight is 354 g/mol. The van der Waals surface area contributed by atoms with Crippen molar-refractivity contribution in [2.45, 2.75) is 6.54 Å². The summed E-state index contributed by atoms with van der Waals surface area (Å²) in [5.74, 6) is -0.552. The summed E-state index contributed by atoms with van der Waals surface area (Å²) >= 11 is 1.50. The highest BCUT2D eigenvalue weighted by Crippen LogP contribution is 2.24. The summed E-state index contributed by atoms with van der Waals surface area (Å²) < 4.78 is 27.7. The number of thiazole rings is 1. The number of nitrogens with zero attached hydrogens (tertiary/aromatic N) is 4. The zero-order chi connectivity index (χ0) is 17.2. The van der Waals surface area contributed by atoms with Crippen molar-refractivity contribution >= 4 is 11.3 Å². The van der Waals surface area contributed by atoms with E-state index in [0.29, 0.717) is 12.2 Å². The van der Waals surface area contributed by atoms with Gasteiger partial charge in [0.15, 0.2) is 0 Å². The molecule has 2 heterocycles. The Labute approximate surface area is 146 Å². The molecule has 0 N–H and O–H groups in total. The molecule has 0 unspecified atom stereocenters. The van der Waals surface area contributed by atoms with Crippen molar-refractivity contribution in [1.82, 2.24) is 20.0 Å². The molecule has 25 heavy (non-hydrogen) atoms. The predicted octanol–water partition coefficient (Wildman–Crippen LogP) is 4.40.